The number of ether oxygens (including phenoxy) is 2. The van der Waals surface area contributed by atoms with Crippen LogP contribution in [0.25, 0.3) is 0 Å². The van der Waals surface area contributed by atoms with E-state index in [-0.39, 0.29) is 74.8 Å². The monoisotopic (exact) mass is 659 g/mol. The summed E-state index contributed by atoms with van der Waals surface area (Å²) in [6, 6.07) is 12.0. The number of pyridine rings is 1. The van der Waals surface area contributed by atoms with Crippen molar-refractivity contribution < 1.29 is 41.5 Å². The van der Waals surface area contributed by atoms with Gasteiger partial charge in [0.25, 0.3) is 11.8 Å². The maximum Gasteiger partial charge on any atom is 0.332 e. The highest BCUT2D eigenvalue weighted by Crippen LogP contribution is 2.48. The minimum atomic E-state index is -3.50. The molecule has 1 atom stereocenters. The van der Waals surface area contributed by atoms with Gasteiger partial charge >= 0.3 is 7.60 Å². The van der Waals surface area contributed by atoms with E-state index in [4.69, 9.17) is 18.5 Å². The molecule has 2 amide bonds. The molecule has 0 radical (unpaired) electrons. The van der Waals surface area contributed by atoms with Crippen LogP contribution in [0, 0.1) is 11.6 Å². The van der Waals surface area contributed by atoms with E-state index >= 15 is 0 Å². The van der Waals surface area contributed by atoms with E-state index in [0.29, 0.717) is 19.1 Å². The maximum absolute atomic E-state index is 14.3. The van der Waals surface area contributed by atoms with Crippen molar-refractivity contribution in [1.29, 1.82) is 0 Å². The molecule has 14 heteroatoms. The molecule has 1 fully saturated rings. The van der Waals surface area contributed by atoms with E-state index in [9.17, 15) is 27.7 Å². The van der Waals surface area contributed by atoms with Crippen molar-refractivity contribution in [2.75, 3.05) is 45.7 Å². The molecule has 0 aliphatic carbocycles. The van der Waals surface area contributed by atoms with Crippen LogP contribution >= 0.6 is 7.60 Å². The zero-order valence-electron chi connectivity index (χ0n) is 25.6. The lowest BCUT2D eigenvalue weighted by atomic mass is 9.92. The first-order valence-electron chi connectivity index (χ1n) is 15.0. The topological polar surface area (TPSA) is 125 Å². The lowest BCUT2D eigenvalue weighted by Crippen LogP contribution is -2.56. The van der Waals surface area contributed by atoms with Gasteiger partial charge in [0.05, 0.1) is 31.5 Å². The second kappa shape index (κ2) is 14.3. The van der Waals surface area contributed by atoms with Gasteiger partial charge in [-0.3, -0.25) is 18.9 Å². The summed E-state index contributed by atoms with van der Waals surface area (Å²) < 4.78 is 65.2. The number of hydrogen-bond donors (Lipinski definition) is 1. The third kappa shape index (κ3) is 7.07. The number of fused-ring (bicyclic) bond motifs is 2. The van der Waals surface area contributed by atoms with Crippen LogP contribution in [0.5, 0.6) is 5.75 Å². The van der Waals surface area contributed by atoms with Gasteiger partial charge in [-0.15, -0.1) is 0 Å². The fourth-order valence-corrected chi connectivity index (χ4v) is 7.28. The number of amides is 2. The molecule has 3 aromatic rings. The van der Waals surface area contributed by atoms with E-state index in [0.717, 1.165) is 11.6 Å². The van der Waals surface area contributed by atoms with E-state index in [1.165, 1.54) is 17.2 Å². The Hall–Kier alpha value is -3.90. The van der Waals surface area contributed by atoms with Crippen LogP contribution in [-0.4, -0.2) is 67.0 Å². The summed E-state index contributed by atoms with van der Waals surface area (Å²) in [5.74, 6) is -3.32. The number of halogens is 2. The van der Waals surface area contributed by atoms with E-state index in [1.54, 1.807) is 42.7 Å². The second-order valence-corrected chi connectivity index (χ2v) is 13.2. The standard InChI is InChI=1S/C32H36F2N3O8P/c1-3-44-46(41,45-4-2)15-13-36-20-32(12-14-42-21-32)37-18-25(30(39)35-17-23-10-11-24(33)16-26(23)34)28(38)29(27(37)31(36)40)43-19-22-8-6-5-7-9-22/h5-11,16,18H,3-4,12-15,17,19-21H2,1-2H3,(H,35,39). The molecule has 5 rings (SSSR count). The van der Waals surface area contributed by atoms with Crippen molar-refractivity contribution in [1.82, 2.24) is 14.8 Å². The lowest BCUT2D eigenvalue weighted by molar-refractivity contribution is 0.0504. The lowest BCUT2D eigenvalue weighted by Gasteiger charge is -2.43. The molecule has 46 heavy (non-hydrogen) atoms. The fraction of sp³-hybridized carbons (Fsp3) is 0.406. The smallest absolute Gasteiger partial charge is 0.332 e. The van der Waals surface area contributed by atoms with Gasteiger partial charge in [-0.05, 0) is 31.9 Å². The molecular weight excluding hydrogens is 623 g/mol. The Bertz CT molecular complexity index is 1680. The SMILES string of the molecule is CCOP(=O)(CCN1CC2(CCOC2)n2cc(C(=O)NCc3ccc(F)cc3F)c(=O)c(OCc3ccccc3)c2C1=O)OCC. The molecule has 3 heterocycles. The van der Waals surface area contributed by atoms with E-state index < -0.39 is 42.0 Å². The predicted molar refractivity (Wildman–Crippen MR) is 164 cm³/mol. The highest BCUT2D eigenvalue weighted by molar-refractivity contribution is 7.53. The van der Waals surface area contributed by atoms with Crippen LogP contribution < -0.4 is 15.5 Å². The number of carbonyl (C=O) groups is 2. The molecule has 0 saturated carbocycles. The second-order valence-electron chi connectivity index (χ2n) is 11.0. The van der Waals surface area contributed by atoms with E-state index in [1.807, 2.05) is 6.07 Å². The molecule has 1 saturated heterocycles. The predicted octanol–water partition coefficient (Wildman–Crippen LogP) is 4.47. The van der Waals surface area contributed by atoms with Crippen molar-refractivity contribution in [3.63, 3.8) is 0 Å². The molecule has 0 bridgehead atoms. The first-order chi connectivity index (χ1) is 22.1. The molecule has 2 aromatic carbocycles. The van der Waals surface area contributed by atoms with Crippen LogP contribution in [0.2, 0.25) is 0 Å². The molecular formula is C32H36F2N3O8P. The van der Waals surface area contributed by atoms with Crippen LogP contribution in [0.3, 0.4) is 0 Å². The number of benzene rings is 2. The third-order valence-electron chi connectivity index (χ3n) is 7.95. The Kier molecular flexibility index (Phi) is 10.4. The molecule has 246 valence electrons. The Morgan fingerprint density at radius 1 is 1.09 bits per heavy atom. The zero-order valence-corrected chi connectivity index (χ0v) is 26.5. The van der Waals surface area contributed by atoms with Crippen molar-refractivity contribution in [3.05, 3.63) is 99.0 Å². The minimum Gasteiger partial charge on any atom is -0.483 e. The number of nitrogens with one attached hydrogen (secondary N) is 1. The number of carbonyl (C=O) groups excluding carboxylic acids is 2. The summed E-state index contributed by atoms with van der Waals surface area (Å²) in [6.07, 6.45) is 1.70. The first kappa shape index (κ1) is 33.5. The summed E-state index contributed by atoms with van der Waals surface area (Å²) in [5, 5.41) is 2.53. The van der Waals surface area contributed by atoms with Crippen LogP contribution in [0.15, 0.2) is 59.5 Å². The average Bonchev–Trinajstić information content (AvgIpc) is 3.50. The van der Waals surface area contributed by atoms with Gasteiger partial charge in [0.1, 0.15) is 23.8 Å². The number of nitrogens with zero attached hydrogens (tertiary/aromatic N) is 2. The Morgan fingerprint density at radius 3 is 2.48 bits per heavy atom. The van der Waals surface area contributed by atoms with Gasteiger partial charge in [0, 0.05) is 44.1 Å². The molecule has 1 unspecified atom stereocenters. The Labute approximate surface area is 264 Å². The van der Waals surface area contributed by atoms with Gasteiger partial charge in [0.2, 0.25) is 5.43 Å². The quantitative estimate of drug-likeness (QED) is 0.267. The van der Waals surface area contributed by atoms with Crippen molar-refractivity contribution in [3.8, 4) is 5.75 Å². The van der Waals surface area contributed by atoms with Crippen molar-refractivity contribution in [2.24, 2.45) is 0 Å². The molecule has 11 nitrogen and oxygen atoms in total. The van der Waals surface area contributed by atoms with Crippen molar-refractivity contribution >= 4 is 19.4 Å². The fourth-order valence-electron chi connectivity index (χ4n) is 5.67. The third-order valence-corrected chi connectivity index (χ3v) is 10.0. The molecule has 1 N–H and O–H groups in total. The molecule has 2 aliphatic heterocycles. The highest BCUT2D eigenvalue weighted by atomic mass is 31.2. The van der Waals surface area contributed by atoms with Crippen molar-refractivity contribution in [2.45, 2.75) is 39.0 Å². The van der Waals surface area contributed by atoms with Crippen LogP contribution in [0.4, 0.5) is 8.78 Å². The molecule has 1 aromatic heterocycles. The summed E-state index contributed by atoms with van der Waals surface area (Å²) in [4.78, 5) is 43.0. The van der Waals surface area contributed by atoms with Gasteiger partial charge < -0.3 is 33.3 Å². The van der Waals surface area contributed by atoms with Gasteiger partial charge in [-0.1, -0.05) is 36.4 Å². The summed E-state index contributed by atoms with van der Waals surface area (Å²) >= 11 is 0. The van der Waals surface area contributed by atoms with Gasteiger partial charge in [-0.2, -0.15) is 0 Å². The summed E-state index contributed by atoms with van der Waals surface area (Å²) in [7, 11) is -3.50. The number of rotatable bonds is 13. The Balaban J connectivity index is 1.55. The number of hydrogen-bond acceptors (Lipinski definition) is 8. The minimum absolute atomic E-state index is 0.00957. The first-order valence-corrected chi connectivity index (χ1v) is 16.8. The maximum atomic E-state index is 14.3. The van der Waals surface area contributed by atoms with Crippen LogP contribution in [0.1, 0.15) is 52.2 Å². The largest absolute Gasteiger partial charge is 0.483 e. The molecule has 1 spiro atoms. The summed E-state index contributed by atoms with van der Waals surface area (Å²) in [6.45, 7) is 4.01. The van der Waals surface area contributed by atoms with Gasteiger partial charge in [0.15, 0.2) is 11.4 Å². The molecule has 2 aliphatic rings. The normalized spacial score (nSPS) is 17.7. The summed E-state index contributed by atoms with van der Waals surface area (Å²) in [5.41, 5.74) is -1.36. The Morgan fingerprint density at radius 2 is 1.83 bits per heavy atom. The van der Waals surface area contributed by atoms with E-state index in [2.05, 4.69) is 5.32 Å². The zero-order chi connectivity index (χ0) is 32.9. The van der Waals surface area contributed by atoms with Gasteiger partial charge in [-0.25, -0.2) is 8.78 Å². The number of aromatic nitrogens is 1. The average molecular weight is 660 g/mol. The highest BCUT2D eigenvalue weighted by Gasteiger charge is 2.48. The van der Waals surface area contributed by atoms with Crippen LogP contribution in [-0.2, 0) is 37.0 Å².